The van der Waals surface area contributed by atoms with Gasteiger partial charge in [0.25, 0.3) is 5.91 Å². The van der Waals surface area contributed by atoms with Crippen LogP contribution in [0, 0.1) is 0 Å². The number of fused-ring (bicyclic) bond motifs is 1. The standard InChI is InChI=1S/C19H28N2O3/c1-15-13-17-14-16(5-6-18(17)24-15)19(22)20(2)7-3-4-8-21-9-11-23-12-10-21/h5-6,14-15H,3-4,7-13H2,1-2H3. The molecule has 0 radical (unpaired) electrons. The fraction of sp³-hybridized carbons (Fsp3) is 0.632. The van der Waals surface area contributed by atoms with E-state index >= 15 is 0 Å². The number of benzene rings is 1. The van der Waals surface area contributed by atoms with Crippen molar-refractivity contribution >= 4 is 5.91 Å². The van der Waals surface area contributed by atoms with Crippen molar-refractivity contribution in [3.05, 3.63) is 29.3 Å². The van der Waals surface area contributed by atoms with Gasteiger partial charge in [0, 0.05) is 38.7 Å². The maximum Gasteiger partial charge on any atom is 0.253 e. The lowest BCUT2D eigenvalue weighted by Gasteiger charge is -2.26. The van der Waals surface area contributed by atoms with Gasteiger partial charge in [-0.05, 0) is 50.1 Å². The average Bonchev–Trinajstić information content (AvgIpc) is 2.98. The summed E-state index contributed by atoms with van der Waals surface area (Å²) in [5.74, 6) is 1.02. The van der Waals surface area contributed by atoms with Crippen molar-refractivity contribution < 1.29 is 14.3 Å². The number of rotatable bonds is 6. The third kappa shape index (κ3) is 4.28. The van der Waals surface area contributed by atoms with Gasteiger partial charge in [0.05, 0.1) is 13.2 Å². The molecule has 1 aromatic rings. The molecule has 2 aliphatic heterocycles. The third-order valence-corrected chi connectivity index (χ3v) is 4.81. The van der Waals surface area contributed by atoms with Crippen molar-refractivity contribution in [1.82, 2.24) is 9.80 Å². The zero-order valence-corrected chi connectivity index (χ0v) is 14.8. The summed E-state index contributed by atoms with van der Waals surface area (Å²) in [4.78, 5) is 16.9. The van der Waals surface area contributed by atoms with E-state index in [-0.39, 0.29) is 12.0 Å². The van der Waals surface area contributed by atoms with Crippen LogP contribution in [-0.4, -0.2) is 68.3 Å². The number of amides is 1. The van der Waals surface area contributed by atoms with E-state index in [9.17, 15) is 4.79 Å². The molecule has 1 unspecified atom stereocenters. The molecule has 0 N–H and O–H groups in total. The SMILES string of the molecule is CC1Cc2cc(C(=O)N(C)CCCCN3CCOCC3)ccc2O1. The largest absolute Gasteiger partial charge is 0.490 e. The van der Waals surface area contributed by atoms with Crippen LogP contribution in [0.2, 0.25) is 0 Å². The van der Waals surface area contributed by atoms with E-state index < -0.39 is 0 Å². The monoisotopic (exact) mass is 332 g/mol. The summed E-state index contributed by atoms with van der Waals surface area (Å²) in [5.41, 5.74) is 1.91. The van der Waals surface area contributed by atoms with Gasteiger partial charge in [-0.2, -0.15) is 0 Å². The normalized spacial score (nSPS) is 20.5. The molecule has 2 heterocycles. The molecule has 0 bridgehead atoms. The molecule has 0 aromatic heterocycles. The Morgan fingerprint density at radius 2 is 2.08 bits per heavy atom. The molecule has 1 saturated heterocycles. The van der Waals surface area contributed by atoms with Gasteiger partial charge < -0.3 is 14.4 Å². The zero-order chi connectivity index (χ0) is 16.9. The maximum absolute atomic E-state index is 12.6. The van der Waals surface area contributed by atoms with E-state index in [0.717, 1.165) is 75.5 Å². The van der Waals surface area contributed by atoms with Gasteiger partial charge in [0.15, 0.2) is 0 Å². The molecule has 2 aliphatic rings. The summed E-state index contributed by atoms with van der Waals surface area (Å²) in [5, 5.41) is 0. The highest BCUT2D eigenvalue weighted by Crippen LogP contribution is 2.29. The molecule has 1 atom stereocenters. The molecule has 0 spiro atoms. The van der Waals surface area contributed by atoms with Crippen LogP contribution >= 0.6 is 0 Å². The van der Waals surface area contributed by atoms with Gasteiger partial charge >= 0.3 is 0 Å². The summed E-state index contributed by atoms with van der Waals surface area (Å²) >= 11 is 0. The molecule has 0 aliphatic carbocycles. The summed E-state index contributed by atoms with van der Waals surface area (Å²) in [6.07, 6.45) is 3.25. The number of morpholine rings is 1. The Bertz CT molecular complexity index is 570. The number of carbonyl (C=O) groups is 1. The molecule has 132 valence electrons. The minimum absolute atomic E-state index is 0.101. The molecule has 24 heavy (non-hydrogen) atoms. The van der Waals surface area contributed by atoms with Crippen LogP contribution in [0.1, 0.15) is 35.7 Å². The van der Waals surface area contributed by atoms with Crippen molar-refractivity contribution in [2.45, 2.75) is 32.3 Å². The van der Waals surface area contributed by atoms with Crippen LogP contribution in [0.5, 0.6) is 5.75 Å². The van der Waals surface area contributed by atoms with Crippen LogP contribution in [-0.2, 0) is 11.2 Å². The first-order valence-electron chi connectivity index (χ1n) is 8.98. The Kier molecular flexibility index (Phi) is 5.74. The molecule has 5 nitrogen and oxygen atoms in total. The highest BCUT2D eigenvalue weighted by Gasteiger charge is 2.21. The van der Waals surface area contributed by atoms with Crippen LogP contribution in [0.3, 0.4) is 0 Å². The van der Waals surface area contributed by atoms with Gasteiger partial charge in [-0.3, -0.25) is 9.69 Å². The number of nitrogens with zero attached hydrogens (tertiary/aromatic N) is 2. The lowest BCUT2D eigenvalue weighted by atomic mass is 10.1. The second-order valence-electron chi connectivity index (χ2n) is 6.84. The predicted octanol–water partition coefficient (Wildman–Crippen LogP) is 2.19. The molecular weight excluding hydrogens is 304 g/mol. The average molecular weight is 332 g/mol. The Morgan fingerprint density at radius 1 is 1.29 bits per heavy atom. The summed E-state index contributed by atoms with van der Waals surface area (Å²) in [6.45, 7) is 7.71. The van der Waals surface area contributed by atoms with Crippen LogP contribution < -0.4 is 4.74 Å². The molecule has 0 saturated carbocycles. The fourth-order valence-electron chi connectivity index (χ4n) is 3.39. The second-order valence-corrected chi connectivity index (χ2v) is 6.84. The Labute approximate surface area is 144 Å². The van der Waals surface area contributed by atoms with Crippen LogP contribution in [0.25, 0.3) is 0 Å². The number of hydrogen-bond donors (Lipinski definition) is 0. The highest BCUT2D eigenvalue weighted by molar-refractivity contribution is 5.94. The minimum atomic E-state index is 0.101. The number of hydrogen-bond acceptors (Lipinski definition) is 4. The summed E-state index contributed by atoms with van der Waals surface area (Å²) in [6, 6.07) is 5.80. The topological polar surface area (TPSA) is 42.0 Å². The second kappa shape index (κ2) is 7.99. The Balaban J connectivity index is 1.44. The van der Waals surface area contributed by atoms with Crippen molar-refractivity contribution in [3.63, 3.8) is 0 Å². The first kappa shape index (κ1) is 17.2. The smallest absolute Gasteiger partial charge is 0.253 e. The third-order valence-electron chi connectivity index (χ3n) is 4.81. The molecule has 1 amide bonds. The van der Waals surface area contributed by atoms with Gasteiger partial charge in [0.2, 0.25) is 0 Å². The van der Waals surface area contributed by atoms with Crippen molar-refractivity contribution in [2.24, 2.45) is 0 Å². The molecule has 1 aromatic carbocycles. The van der Waals surface area contributed by atoms with Gasteiger partial charge in [0.1, 0.15) is 11.9 Å². The quantitative estimate of drug-likeness (QED) is 0.749. The van der Waals surface area contributed by atoms with E-state index in [4.69, 9.17) is 9.47 Å². The van der Waals surface area contributed by atoms with Gasteiger partial charge in [-0.1, -0.05) is 0 Å². The Morgan fingerprint density at radius 3 is 2.88 bits per heavy atom. The number of carbonyl (C=O) groups excluding carboxylic acids is 1. The highest BCUT2D eigenvalue weighted by atomic mass is 16.5. The van der Waals surface area contributed by atoms with E-state index in [0.29, 0.717) is 0 Å². The van der Waals surface area contributed by atoms with Crippen molar-refractivity contribution in [3.8, 4) is 5.75 Å². The summed E-state index contributed by atoms with van der Waals surface area (Å²) < 4.78 is 11.1. The lowest BCUT2D eigenvalue weighted by Crippen LogP contribution is -2.37. The maximum atomic E-state index is 12.6. The van der Waals surface area contributed by atoms with Crippen molar-refractivity contribution in [2.75, 3.05) is 46.4 Å². The van der Waals surface area contributed by atoms with Gasteiger partial charge in [-0.25, -0.2) is 0 Å². The first-order chi connectivity index (χ1) is 11.6. The van der Waals surface area contributed by atoms with E-state index in [1.807, 2.05) is 30.1 Å². The minimum Gasteiger partial charge on any atom is -0.490 e. The molecule has 1 fully saturated rings. The first-order valence-corrected chi connectivity index (χ1v) is 8.98. The van der Waals surface area contributed by atoms with Crippen molar-refractivity contribution in [1.29, 1.82) is 0 Å². The molecule has 5 heteroatoms. The fourth-order valence-corrected chi connectivity index (χ4v) is 3.39. The zero-order valence-electron chi connectivity index (χ0n) is 14.8. The van der Waals surface area contributed by atoms with Crippen LogP contribution in [0.4, 0.5) is 0 Å². The number of ether oxygens (including phenoxy) is 2. The predicted molar refractivity (Wildman–Crippen MR) is 93.7 cm³/mol. The van der Waals surface area contributed by atoms with E-state index in [2.05, 4.69) is 11.8 Å². The van der Waals surface area contributed by atoms with Crippen LogP contribution in [0.15, 0.2) is 18.2 Å². The molecular formula is C19H28N2O3. The van der Waals surface area contributed by atoms with E-state index in [1.165, 1.54) is 0 Å². The van der Waals surface area contributed by atoms with Gasteiger partial charge in [-0.15, -0.1) is 0 Å². The summed E-state index contributed by atoms with van der Waals surface area (Å²) in [7, 11) is 1.89. The molecule has 3 rings (SSSR count). The lowest BCUT2D eigenvalue weighted by molar-refractivity contribution is 0.0369. The number of unbranched alkanes of at least 4 members (excludes halogenated alkanes) is 1. The Hall–Kier alpha value is -1.59. The van der Waals surface area contributed by atoms with E-state index in [1.54, 1.807) is 0 Å².